The van der Waals surface area contributed by atoms with Gasteiger partial charge in [-0.2, -0.15) is 0 Å². The van der Waals surface area contributed by atoms with E-state index < -0.39 is 0 Å². The minimum atomic E-state index is -0.249. The summed E-state index contributed by atoms with van der Waals surface area (Å²) in [6, 6.07) is 1.71. The first-order chi connectivity index (χ1) is 6.98. The van der Waals surface area contributed by atoms with Crippen molar-refractivity contribution in [1.29, 1.82) is 0 Å². The summed E-state index contributed by atoms with van der Waals surface area (Å²) in [5.41, 5.74) is 0.511. The third-order valence-electron chi connectivity index (χ3n) is 2.02. The number of hydrogen-bond donors (Lipinski definition) is 0. The van der Waals surface area contributed by atoms with Crippen LogP contribution in [-0.4, -0.2) is 23.0 Å². The molecule has 80 valence electrons. The Hall–Kier alpha value is -0.800. The largest absolute Gasteiger partial charge is 0.469 e. The third kappa shape index (κ3) is 2.24. The molecular formula is C10H10Cl2N2O. The van der Waals surface area contributed by atoms with Gasteiger partial charge in [0.25, 0.3) is 0 Å². The first-order valence-corrected chi connectivity index (χ1v) is 5.28. The minimum absolute atomic E-state index is 0.249. The van der Waals surface area contributed by atoms with Crippen LogP contribution in [0.3, 0.4) is 0 Å². The molecule has 15 heavy (non-hydrogen) atoms. The van der Waals surface area contributed by atoms with Crippen LogP contribution >= 0.6 is 23.2 Å². The monoisotopic (exact) mass is 244 g/mol. The van der Waals surface area contributed by atoms with Crippen LogP contribution in [0.25, 0.3) is 0 Å². The Morgan fingerprint density at radius 3 is 2.67 bits per heavy atom. The van der Waals surface area contributed by atoms with Crippen LogP contribution in [0.15, 0.2) is 17.3 Å². The van der Waals surface area contributed by atoms with Crippen LogP contribution in [0.5, 0.6) is 0 Å². The maximum absolute atomic E-state index is 5.86. The van der Waals surface area contributed by atoms with Gasteiger partial charge in [0.15, 0.2) is 0 Å². The highest BCUT2D eigenvalue weighted by Crippen LogP contribution is 2.24. The molecule has 0 fully saturated rings. The fourth-order valence-electron chi connectivity index (χ4n) is 1.28. The molecule has 1 aromatic heterocycles. The molecule has 0 saturated carbocycles. The third-order valence-corrected chi connectivity index (χ3v) is 2.71. The van der Waals surface area contributed by atoms with Gasteiger partial charge in [0, 0.05) is 6.20 Å². The van der Waals surface area contributed by atoms with Gasteiger partial charge in [-0.1, -0.05) is 23.2 Å². The zero-order chi connectivity index (χ0) is 11.1. The number of ether oxygens (including phenoxy) is 1. The van der Waals surface area contributed by atoms with Gasteiger partial charge in [0.05, 0.1) is 17.1 Å². The Morgan fingerprint density at radius 2 is 2.13 bits per heavy atom. The second-order valence-corrected chi connectivity index (χ2v) is 4.74. The standard InChI is InChI=1S/C10H10Cl2N2O/c1-10(2)5-14-9(15-10)6-3-7(11)8(12)13-4-6/h3-4H,5H2,1-2H3. The minimum Gasteiger partial charge on any atom is -0.469 e. The second-order valence-electron chi connectivity index (χ2n) is 3.98. The molecule has 0 bridgehead atoms. The summed E-state index contributed by atoms with van der Waals surface area (Å²) in [4.78, 5) is 8.23. The summed E-state index contributed by atoms with van der Waals surface area (Å²) >= 11 is 11.6. The number of aromatic nitrogens is 1. The Bertz CT molecular complexity index is 429. The molecule has 0 radical (unpaired) electrons. The summed E-state index contributed by atoms with van der Waals surface area (Å²) in [5.74, 6) is 0.575. The fraction of sp³-hybridized carbons (Fsp3) is 0.400. The smallest absolute Gasteiger partial charge is 0.218 e. The van der Waals surface area contributed by atoms with Crippen molar-refractivity contribution in [3.8, 4) is 0 Å². The summed E-state index contributed by atoms with van der Waals surface area (Å²) in [6.07, 6.45) is 1.61. The molecule has 5 heteroatoms. The van der Waals surface area contributed by atoms with Crippen LogP contribution in [-0.2, 0) is 4.74 Å². The molecule has 2 heterocycles. The summed E-state index contributed by atoms with van der Waals surface area (Å²) in [5, 5.41) is 0.698. The summed E-state index contributed by atoms with van der Waals surface area (Å²) < 4.78 is 5.64. The highest BCUT2D eigenvalue weighted by Gasteiger charge is 2.28. The number of pyridine rings is 1. The molecule has 0 saturated heterocycles. The van der Waals surface area contributed by atoms with Gasteiger partial charge in [-0.15, -0.1) is 0 Å². The van der Waals surface area contributed by atoms with E-state index in [-0.39, 0.29) is 5.60 Å². The van der Waals surface area contributed by atoms with Crippen LogP contribution in [0, 0.1) is 0 Å². The van der Waals surface area contributed by atoms with Gasteiger partial charge >= 0.3 is 0 Å². The predicted octanol–water partition coefficient (Wildman–Crippen LogP) is 2.94. The first-order valence-electron chi connectivity index (χ1n) is 4.53. The van der Waals surface area contributed by atoms with Crippen molar-refractivity contribution in [3.05, 3.63) is 28.0 Å². The lowest BCUT2D eigenvalue weighted by Gasteiger charge is -2.17. The van der Waals surface area contributed by atoms with Crippen molar-refractivity contribution < 1.29 is 4.74 Å². The SMILES string of the molecule is CC1(C)CN=C(c2cnc(Cl)c(Cl)c2)O1. The maximum Gasteiger partial charge on any atom is 0.218 e. The average molecular weight is 245 g/mol. The molecule has 2 rings (SSSR count). The van der Waals surface area contributed by atoms with E-state index in [1.165, 1.54) is 0 Å². The summed E-state index contributed by atoms with van der Waals surface area (Å²) in [6.45, 7) is 4.60. The number of halogens is 2. The summed E-state index contributed by atoms with van der Waals surface area (Å²) in [7, 11) is 0. The molecule has 0 unspecified atom stereocenters. The number of nitrogens with zero attached hydrogens (tertiary/aromatic N) is 2. The lowest BCUT2D eigenvalue weighted by atomic mass is 10.1. The van der Waals surface area contributed by atoms with Crippen molar-refractivity contribution in [2.45, 2.75) is 19.4 Å². The molecule has 0 aromatic carbocycles. The van der Waals surface area contributed by atoms with Gasteiger partial charge < -0.3 is 4.74 Å². The van der Waals surface area contributed by atoms with E-state index in [4.69, 9.17) is 27.9 Å². The van der Waals surface area contributed by atoms with Gasteiger partial charge in [-0.05, 0) is 19.9 Å². The Balaban J connectivity index is 2.29. The number of hydrogen-bond acceptors (Lipinski definition) is 3. The maximum atomic E-state index is 5.86. The van der Waals surface area contributed by atoms with E-state index in [9.17, 15) is 0 Å². The van der Waals surface area contributed by atoms with Gasteiger partial charge in [-0.3, -0.25) is 0 Å². The molecule has 1 aliphatic heterocycles. The van der Waals surface area contributed by atoms with Crippen LogP contribution in [0.4, 0.5) is 0 Å². The van der Waals surface area contributed by atoms with E-state index in [1.54, 1.807) is 12.3 Å². The molecule has 0 aliphatic carbocycles. The Morgan fingerprint density at radius 1 is 1.40 bits per heavy atom. The van der Waals surface area contributed by atoms with E-state index in [1.807, 2.05) is 13.8 Å². The molecule has 0 spiro atoms. The normalized spacial score (nSPS) is 18.5. The van der Waals surface area contributed by atoms with Gasteiger partial charge in [-0.25, -0.2) is 9.98 Å². The molecule has 0 N–H and O–H groups in total. The van der Waals surface area contributed by atoms with E-state index in [2.05, 4.69) is 9.98 Å². The second kappa shape index (κ2) is 3.65. The molecule has 1 aliphatic rings. The quantitative estimate of drug-likeness (QED) is 0.713. The van der Waals surface area contributed by atoms with Crippen LogP contribution in [0.1, 0.15) is 19.4 Å². The predicted molar refractivity (Wildman–Crippen MR) is 60.8 cm³/mol. The highest BCUT2D eigenvalue weighted by molar-refractivity contribution is 6.41. The highest BCUT2D eigenvalue weighted by atomic mass is 35.5. The van der Waals surface area contributed by atoms with Crippen molar-refractivity contribution >= 4 is 29.1 Å². The first kappa shape index (κ1) is 10.7. The molecular weight excluding hydrogens is 235 g/mol. The van der Waals surface area contributed by atoms with E-state index in [0.29, 0.717) is 22.6 Å². The Labute approximate surface area is 98.1 Å². The van der Waals surface area contributed by atoms with Gasteiger partial charge in [0.1, 0.15) is 10.8 Å². The molecule has 1 aromatic rings. The molecule has 0 amide bonds. The van der Waals surface area contributed by atoms with Crippen LogP contribution < -0.4 is 0 Å². The lowest BCUT2D eigenvalue weighted by molar-refractivity contribution is 0.131. The topological polar surface area (TPSA) is 34.5 Å². The van der Waals surface area contributed by atoms with Crippen molar-refractivity contribution in [2.24, 2.45) is 4.99 Å². The average Bonchev–Trinajstić information content (AvgIpc) is 2.51. The number of aliphatic imine (C=N–C) groups is 1. The van der Waals surface area contributed by atoms with E-state index in [0.717, 1.165) is 5.56 Å². The van der Waals surface area contributed by atoms with Crippen molar-refractivity contribution in [2.75, 3.05) is 6.54 Å². The van der Waals surface area contributed by atoms with E-state index >= 15 is 0 Å². The van der Waals surface area contributed by atoms with Crippen molar-refractivity contribution in [1.82, 2.24) is 4.98 Å². The zero-order valence-electron chi connectivity index (χ0n) is 8.42. The zero-order valence-corrected chi connectivity index (χ0v) is 9.93. The fourth-order valence-corrected chi connectivity index (χ4v) is 1.55. The van der Waals surface area contributed by atoms with Gasteiger partial charge in [0.2, 0.25) is 5.90 Å². The van der Waals surface area contributed by atoms with Crippen molar-refractivity contribution in [3.63, 3.8) is 0 Å². The Kier molecular flexibility index (Phi) is 2.61. The number of rotatable bonds is 1. The molecule has 3 nitrogen and oxygen atoms in total. The lowest BCUT2D eigenvalue weighted by Crippen LogP contribution is -2.24. The van der Waals surface area contributed by atoms with Crippen LogP contribution in [0.2, 0.25) is 10.2 Å². The molecule has 0 atom stereocenters.